The zero-order valence-electron chi connectivity index (χ0n) is 10.9. The highest BCUT2D eigenvalue weighted by Crippen LogP contribution is 2.24. The lowest BCUT2D eigenvalue weighted by molar-refractivity contribution is 0.475. The van der Waals surface area contributed by atoms with E-state index in [1.165, 1.54) is 0 Å². The van der Waals surface area contributed by atoms with Crippen LogP contribution < -0.4 is 5.69 Å². The summed E-state index contributed by atoms with van der Waals surface area (Å²) >= 11 is 0. The summed E-state index contributed by atoms with van der Waals surface area (Å²) in [7, 11) is 0. The number of nitrogens with zero attached hydrogens (tertiary/aromatic N) is 1. The van der Waals surface area contributed by atoms with Crippen molar-refractivity contribution in [2.24, 2.45) is 0 Å². The molecule has 0 spiro atoms. The summed E-state index contributed by atoms with van der Waals surface area (Å²) in [6.07, 6.45) is 0. The molecule has 104 valence electrons. The van der Waals surface area contributed by atoms with Gasteiger partial charge in [0.2, 0.25) is 0 Å². The quantitative estimate of drug-likeness (QED) is 0.673. The van der Waals surface area contributed by atoms with Crippen molar-refractivity contribution in [1.82, 2.24) is 9.97 Å². The number of phenols is 2. The van der Waals surface area contributed by atoms with Gasteiger partial charge in [-0.1, -0.05) is 0 Å². The number of rotatable bonds is 2. The van der Waals surface area contributed by atoms with Crippen LogP contribution in [0, 0.1) is 0 Å². The number of aromatic hydroxyl groups is 2. The minimum Gasteiger partial charge on any atom is -0.508 e. The van der Waals surface area contributed by atoms with E-state index in [1.54, 1.807) is 54.6 Å². The molecule has 0 amide bonds. The lowest BCUT2D eigenvalue weighted by atomic mass is 10.1. The van der Waals surface area contributed by atoms with Crippen molar-refractivity contribution in [1.29, 1.82) is 0 Å². The van der Waals surface area contributed by atoms with Crippen molar-refractivity contribution in [2.75, 3.05) is 0 Å². The number of phenolic OH excluding ortho intramolecular Hbond substituents is 2. The lowest BCUT2D eigenvalue weighted by Gasteiger charge is -2.05. The van der Waals surface area contributed by atoms with E-state index in [-0.39, 0.29) is 11.5 Å². The highest BCUT2D eigenvalue weighted by Gasteiger charge is 2.06. The number of H-pyrrole nitrogens is 1. The maximum Gasteiger partial charge on any atom is 0.345 e. The van der Waals surface area contributed by atoms with Gasteiger partial charge in [-0.2, -0.15) is 4.98 Å². The van der Waals surface area contributed by atoms with E-state index in [1.807, 2.05) is 0 Å². The molecule has 0 aliphatic heterocycles. The van der Waals surface area contributed by atoms with Gasteiger partial charge in [-0.3, -0.25) is 0 Å². The number of aromatic amines is 1. The van der Waals surface area contributed by atoms with Gasteiger partial charge in [-0.25, -0.2) is 4.79 Å². The maximum atomic E-state index is 11.7. The Morgan fingerprint density at radius 1 is 0.810 bits per heavy atom. The second-order valence-electron chi connectivity index (χ2n) is 4.58. The molecule has 0 radical (unpaired) electrons. The normalized spacial score (nSPS) is 10.5. The van der Waals surface area contributed by atoms with Gasteiger partial charge in [-0.05, 0) is 60.2 Å². The second-order valence-corrected chi connectivity index (χ2v) is 4.58. The molecule has 0 aliphatic carbocycles. The molecule has 0 unspecified atom stereocenters. The molecule has 0 fully saturated rings. The summed E-state index contributed by atoms with van der Waals surface area (Å²) in [5.41, 5.74) is 2.18. The second kappa shape index (κ2) is 5.13. The number of nitrogens with one attached hydrogen (secondary N) is 1. The van der Waals surface area contributed by atoms with E-state index in [0.29, 0.717) is 11.4 Å². The largest absolute Gasteiger partial charge is 0.508 e. The van der Waals surface area contributed by atoms with Crippen LogP contribution >= 0.6 is 0 Å². The standard InChI is InChI=1S/C16H12N2O3/c19-12-5-1-10(2-6-12)14-9-15(18-16(21)17-14)11-3-7-13(20)8-4-11/h1-9,19-20H,(H,17,18,21). The van der Waals surface area contributed by atoms with Crippen LogP contribution in [0.4, 0.5) is 0 Å². The van der Waals surface area contributed by atoms with Gasteiger partial charge < -0.3 is 15.2 Å². The molecule has 0 atom stereocenters. The molecule has 3 rings (SSSR count). The molecule has 21 heavy (non-hydrogen) atoms. The first kappa shape index (κ1) is 12.9. The Hall–Kier alpha value is -3.08. The van der Waals surface area contributed by atoms with Crippen LogP contribution in [-0.2, 0) is 0 Å². The lowest BCUT2D eigenvalue weighted by Crippen LogP contribution is -2.11. The van der Waals surface area contributed by atoms with Crippen molar-refractivity contribution in [2.45, 2.75) is 0 Å². The Bertz CT molecular complexity index is 755. The summed E-state index contributed by atoms with van der Waals surface area (Å²) < 4.78 is 0. The predicted molar refractivity (Wildman–Crippen MR) is 79.1 cm³/mol. The van der Waals surface area contributed by atoms with Crippen molar-refractivity contribution < 1.29 is 10.2 Å². The SMILES string of the molecule is O=c1nc(-c2ccc(O)cc2)cc(-c2ccc(O)cc2)[nH]1. The van der Waals surface area contributed by atoms with E-state index in [4.69, 9.17) is 0 Å². The summed E-state index contributed by atoms with van der Waals surface area (Å²) in [6.45, 7) is 0. The zero-order valence-corrected chi connectivity index (χ0v) is 10.9. The average molecular weight is 280 g/mol. The van der Waals surface area contributed by atoms with Gasteiger partial charge in [0.05, 0.1) is 11.4 Å². The van der Waals surface area contributed by atoms with Gasteiger partial charge in [-0.15, -0.1) is 0 Å². The fraction of sp³-hybridized carbons (Fsp3) is 0. The van der Waals surface area contributed by atoms with E-state index in [0.717, 1.165) is 11.1 Å². The molecule has 5 nitrogen and oxygen atoms in total. The third-order valence-corrected chi connectivity index (χ3v) is 3.09. The Labute approximate surface area is 120 Å². The summed E-state index contributed by atoms with van der Waals surface area (Å²) in [5.74, 6) is 0.316. The highest BCUT2D eigenvalue weighted by molar-refractivity contribution is 5.68. The molecule has 0 bridgehead atoms. The van der Waals surface area contributed by atoms with Crippen molar-refractivity contribution in [3.8, 4) is 34.0 Å². The van der Waals surface area contributed by atoms with Crippen LogP contribution in [0.15, 0.2) is 59.4 Å². The number of benzene rings is 2. The van der Waals surface area contributed by atoms with Crippen molar-refractivity contribution in [3.63, 3.8) is 0 Å². The van der Waals surface area contributed by atoms with E-state index in [9.17, 15) is 15.0 Å². The molecule has 3 N–H and O–H groups in total. The fourth-order valence-corrected chi connectivity index (χ4v) is 2.03. The van der Waals surface area contributed by atoms with Crippen LogP contribution in [0.2, 0.25) is 0 Å². The smallest absolute Gasteiger partial charge is 0.345 e. The first-order chi connectivity index (χ1) is 10.1. The minimum atomic E-state index is -0.455. The minimum absolute atomic E-state index is 0.155. The van der Waals surface area contributed by atoms with Crippen LogP contribution in [0.3, 0.4) is 0 Å². The van der Waals surface area contributed by atoms with Crippen molar-refractivity contribution >= 4 is 0 Å². The molecule has 1 heterocycles. The van der Waals surface area contributed by atoms with Gasteiger partial charge in [0, 0.05) is 5.56 Å². The number of hydrogen-bond acceptors (Lipinski definition) is 4. The summed E-state index contributed by atoms with van der Waals surface area (Å²) in [5, 5.41) is 18.6. The van der Waals surface area contributed by atoms with E-state index >= 15 is 0 Å². The molecule has 0 aliphatic rings. The zero-order chi connectivity index (χ0) is 14.8. The number of hydrogen-bond donors (Lipinski definition) is 3. The van der Waals surface area contributed by atoms with Crippen LogP contribution in [0.5, 0.6) is 11.5 Å². The first-order valence-electron chi connectivity index (χ1n) is 6.32. The molecule has 5 heteroatoms. The van der Waals surface area contributed by atoms with Crippen molar-refractivity contribution in [3.05, 3.63) is 65.1 Å². The molecule has 0 saturated heterocycles. The van der Waals surface area contributed by atoms with E-state index < -0.39 is 5.69 Å². The predicted octanol–water partition coefficient (Wildman–Crippen LogP) is 2.52. The maximum absolute atomic E-state index is 11.7. The highest BCUT2D eigenvalue weighted by atomic mass is 16.3. The Morgan fingerprint density at radius 2 is 1.33 bits per heavy atom. The molecule has 3 aromatic rings. The van der Waals surface area contributed by atoms with Gasteiger partial charge in [0.15, 0.2) is 0 Å². The molecular weight excluding hydrogens is 268 g/mol. The molecule has 0 saturated carbocycles. The monoisotopic (exact) mass is 280 g/mol. The third kappa shape index (κ3) is 2.76. The van der Waals surface area contributed by atoms with Crippen LogP contribution in [0.1, 0.15) is 0 Å². The molecule has 2 aromatic carbocycles. The van der Waals surface area contributed by atoms with Gasteiger partial charge in [0.25, 0.3) is 0 Å². The van der Waals surface area contributed by atoms with E-state index in [2.05, 4.69) is 9.97 Å². The first-order valence-corrected chi connectivity index (χ1v) is 6.32. The molecular formula is C16H12N2O3. The number of aromatic nitrogens is 2. The van der Waals surface area contributed by atoms with Crippen LogP contribution in [-0.4, -0.2) is 20.2 Å². The summed E-state index contributed by atoms with van der Waals surface area (Å²) in [4.78, 5) is 18.3. The topological polar surface area (TPSA) is 86.2 Å². The van der Waals surface area contributed by atoms with Crippen LogP contribution in [0.25, 0.3) is 22.5 Å². The van der Waals surface area contributed by atoms with Gasteiger partial charge in [0.1, 0.15) is 11.5 Å². The Balaban J connectivity index is 2.10. The van der Waals surface area contributed by atoms with Gasteiger partial charge >= 0.3 is 5.69 Å². The summed E-state index contributed by atoms with van der Waals surface area (Å²) in [6, 6.07) is 14.7. The Kier molecular flexibility index (Phi) is 3.16. The average Bonchev–Trinajstić information content (AvgIpc) is 2.48. The fourth-order valence-electron chi connectivity index (χ4n) is 2.03. The third-order valence-electron chi connectivity index (χ3n) is 3.09. The Morgan fingerprint density at radius 3 is 1.90 bits per heavy atom. The molecule has 1 aromatic heterocycles.